The molecule has 2 rings (SSSR count). The molecule has 0 spiro atoms. The zero-order chi connectivity index (χ0) is 11.9. The molecule has 0 saturated heterocycles. The molecule has 0 bridgehead atoms. The van der Waals surface area contributed by atoms with Gasteiger partial charge in [-0.25, -0.2) is 4.68 Å². The molecule has 3 nitrogen and oxygen atoms in total. The van der Waals surface area contributed by atoms with Crippen molar-refractivity contribution in [3.05, 3.63) is 32.1 Å². The van der Waals surface area contributed by atoms with Gasteiger partial charge in [0.15, 0.2) is 0 Å². The monoisotopic (exact) mass is 255 g/mol. The highest BCUT2D eigenvalue weighted by molar-refractivity contribution is 7.12. The summed E-state index contributed by atoms with van der Waals surface area (Å²) < 4.78 is 1.76. The van der Waals surface area contributed by atoms with Gasteiger partial charge in [0, 0.05) is 9.75 Å². The van der Waals surface area contributed by atoms with Crippen LogP contribution in [0.3, 0.4) is 0 Å². The summed E-state index contributed by atoms with van der Waals surface area (Å²) in [5.41, 5.74) is 7.92. The zero-order valence-corrected chi connectivity index (χ0v) is 11.1. The second-order valence-corrected chi connectivity index (χ2v) is 5.72. The van der Waals surface area contributed by atoms with Crippen LogP contribution in [0.1, 0.15) is 21.0 Å². The van der Waals surface area contributed by atoms with Gasteiger partial charge in [-0.3, -0.25) is 0 Å². The van der Waals surface area contributed by atoms with E-state index < -0.39 is 0 Å². The first-order valence-electron chi connectivity index (χ1n) is 5.03. The van der Waals surface area contributed by atoms with Crippen molar-refractivity contribution in [3.8, 4) is 0 Å². The second-order valence-electron chi connectivity index (χ2n) is 3.88. The first-order valence-corrected chi connectivity index (χ1v) is 6.22. The van der Waals surface area contributed by atoms with E-state index in [1.54, 1.807) is 16.0 Å². The van der Waals surface area contributed by atoms with Crippen LogP contribution in [-0.2, 0) is 6.54 Å². The van der Waals surface area contributed by atoms with Crippen LogP contribution in [0.15, 0.2) is 6.07 Å². The number of aromatic nitrogens is 2. The largest absolute Gasteiger partial charge is 0.383 e. The van der Waals surface area contributed by atoms with E-state index in [4.69, 9.17) is 17.3 Å². The van der Waals surface area contributed by atoms with Gasteiger partial charge in [0.1, 0.15) is 10.8 Å². The molecule has 2 N–H and O–H groups in total. The molecule has 0 amide bonds. The van der Waals surface area contributed by atoms with E-state index in [2.05, 4.69) is 25.0 Å². The van der Waals surface area contributed by atoms with E-state index in [1.165, 1.54) is 15.3 Å². The number of hydrogen-bond donors (Lipinski definition) is 1. The van der Waals surface area contributed by atoms with Gasteiger partial charge in [-0.2, -0.15) is 5.10 Å². The highest BCUT2D eigenvalue weighted by Crippen LogP contribution is 2.26. The lowest BCUT2D eigenvalue weighted by molar-refractivity contribution is 0.688. The molecule has 0 aliphatic rings. The Morgan fingerprint density at radius 3 is 2.56 bits per heavy atom. The Morgan fingerprint density at radius 2 is 2.12 bits per heavy atom. The lowest BCUT2D eigenvalue weighted by Gasteiger charge is -2.03. The minimum atomic E-state index is 0.544. The molecule has 86 valence electrons. The third-order valence-corrected chi connectivity index (χ3v) is 4.03. The van der Waals surface area contributed by atoms with E-state index >= 15 is 0 Å². The Bertz CT molecular complexity index is 528. The fourth-order valence-corrected chi connectivity index (χ4v) is 2.77. The van der Waals surface area contributed by atoms with Gasteiger partial charge in [-0.15, -0.1) is 11.3 Å². The Kier molecular flexibility index (Phi) is 2.95. The molecular weight excluding hydrogens is 242 g/mol. The van der Waals surface area contributed by atoms with E-state index in [0.717, 1.165) is 5.69 Å². The Balaban J connectivity index is 2.34. The van der Waals surface area contributed by atoms with Gasteiger partial charge in [0.25, 0.3) is 0 Å². The highest BCUT2D eigenvalue weighted by atomic mass is 35.5. The lowest BCUT2D eigenvalue weighted by Crippen LogP contribution is -2.06. The first-order chi connectivity index (χ1) is 7.49. The van der Waals surface area contributed by atoms with E-state index in [1.807, 2.05) is 6.92 Å². The van der Waals surface area contributed by atoms with Crippen LogP contribution in [0, 0.1) is 20.8 Å². The summed E-state index contributed by atoms with van der Waals surface area (Å²) in [5.74, 6) is 0.544. The average molecular weight is 256 g/mol. The third-order valence-electron chi connectivity index (χ3n) is 2.56. The maximum Gasteiger partial charge on any atom is 0.141 e. The van der Waals surface area contributed by atoms with Gasteiger partial charge in [-0.1, -0.05) is 11.6 Å². The molecule has 0 radical (unpaired) electrons. The van der Waals surface area contributed by atoms with Gasteiger partial charge < -0.3 is 5.73 Å². The predicted molar refractivity (Wildman–Crippen MR) is 69.3 cm³/mol. The van der Waals surface area contributed by atoms with Gasteiger partial charge in [-0.05, 0) is 32.4 Å². The Labute approximate surface area is 104 Å². The minimum absolute atomic E-state index is 0.544. The van der Waals surface area contributed by atoms with Crippen LogP contribution in [0.5, 0.6) is 0 Å². The first kappa shape index (κ1) is 11.5. The third kappa shape index (κ3) is 1.95. The molecule has 0 saturated carbocycles. The molecule has 16 heavy (non-hydrogen) atoms. The number of nitrogen functional groups attached to an aromatic ring is 1. The summed E-state index contributed by atoms with van der Waals surface area (Å²) >= 11 is 7.79. The van der Waals surface area contributed by atoms with Crippen molar-refractivity contribution in [1.82, 2.24) is 9.78 Å². The summed E-state index contributed by atoms with van der Waals surface area (Å²) in [6.45, 7) is 6.77. The molecule has 0 unspecified atom stereocenters. The summed E-state index contributed by atoms with van der Waals surface area (Å²) in [5, 5.41) is 4.88. The van der Waals surface area contributed by atoms with Crippen LogP contribution in [0.25, 0.3) is 0 Å². The van der Waals surface area contributed by atoms with Crippen LogP contribution >= 0.6 is 22.9 Å². The molecule has 2 aromatic heterocycles. The Hall–Kier alpha value is -1.00. The minimum Gasteiger partial charge on any atom is -0.383 e. The molecule has 5 heteroatoms. The van der Waals surface area contributed by atoms with Crippen molar-refractivity contribution >= 4 is 28.8 Å². The number of anilines is 1. The number of rotatable bonds is 2. The number of nitrogens with zero attached hydrogens (tertiary/aromatic N) is 2. The lowest BCUT2D eigenvalue weighted by atomic mass is 10.2. The second kappa shape index (κ2) is 4.11. The van der Waals surface area contributed by atoms with E-state index in [-0.39, 0.29) is 0 Å². The number of hydrogen-bond acceptors (Lipinski definition) is 3. The smallest absolute Gasteiger partial charge is 0.141 e. The Morgan fingerprint density at radius 1 is 1.44 bits per heavy atom. The maximum atomic E-state index is 6.00. The summed E-state index contributed by atoms with van der Waals surface area (Å²) in [6.07, 6.45) is 0. The summed E-state index contributed by atoms with van der Waals surface area (Å²) in [6, 6.07) is 2.17. The quantitative estimate of drug-likeness (QED) is 0.896. The van der Waals surface area contributed by atoms with E-state index in [0.29, 0.717) is 17.4 Å². The van der Waals surface area contributed by atoms with E-state index in [9.17, 15) is 0 Å². The number of thiophene rings is 1. The summed E-state index contributed by atoms with van der Waals surface area (Å²) in [7, 11) is 0. The van der Waals surface area contributed by atoms with Crippen molar-refractivity contribution in [2.45, 2.75) is 27.3 Å². The molecule has 2 aromatic rings. The molecular formula is C11H14ClN3S. The number of nitrogens with two attached hydrogens (primary N) is 1. The normalized spacial score (nSPS) is 11.0. The predicted octanol–water partition coefficient (Wildman–Crippen LogP) is 3.15. The van der Waals surface area contributed by atoms with Crippen molar-refractivity contribution in [2.75, 3.05) is 5.73 Å². The standard InChI is InChI=1S/C11H14ClN3S/c1-6-4-9(8(3)16-6)5-15-11(13)10(12)7(2)14-15/h4H,5,13H2,1-3H3. The average Bonchev–Trinajstić information content (AvgIpc) is 2.64. The highest BCUT2D eigenvalue weighted by Gasteiger charge is 2.12. The molecule has 0 aliphatic carbocycles. The number of halogens is 1. The van der Waals surface area contributed by atoms with Crippen LogP contribution in [0.2, 0.25) is 5.02 Å². The topological polar surface area (TPSA) is 43.8 Å². The van der Waals surface area contributed by atoms with Crippen molar-refractivity contribution in [3.63, 3.8) is 0 Å². The van der Waals surface area contributed by atoms with Gasteiger partial charge in [0.2, 0.25) is 0 Å². The zero-order valence-electron chi connectivity index (χ0n) is 9.54. The summed E-state index contributed by atoms with van der Waals surface area (Å²) in [4.78, 5) is 2.61. The molecule has 0 atom stereocenters. The van der Waals surface area contributed by atoms with Crippen molar-refractivity contribution in [2.24, 2.45) is 0 Å². The van der Waals surface area contributed by atoms with Crippen LogP contribution in [0.4, 0.5) is 5.82 Å². The molecule has 0 aromatic carbocycles. The number of aryl methyl sites for hydroxylation is 3. The van der Waals surface area contributed by atoms with Gasteiger partial charge in [0.05, 0.1) is 12.2 Å². The fraction of sp³-hybridized carbons (Fsp3) is 0.364. The van der Waals surface area contributed by atoms with Crippen molar-refractivity contribution < 1.29 is 0 Å². The fourth-order valence-electron chi connectivity index (χ4n) is 1.70. The van der Waals surface area contributed by atoms with Crippen LogP contribution in [-0.4, -0.2) is 9.78 Å². The van der Waals surface area contributed by atoms with Crippen molar-refractivity contribution in [1.29, 1.82) is 0 Å². The molecule has 2 heterocycles. The SMILES string of the molecule is Cc1cc(Cn2nc(C)c(Cl)c2N)c(C)s1. The van der Waals surface area contributed by atoms with Gasteiger partial charge >= 0.3 is 0 Å². The maximum absolute atomic E-state index is 6.00. The van der Waals surface area contributed by atoms with Crippen LogP contribution < -0.4 is 5.73 Å². The molecule has 0 aliphatic heterocycles. The molecule has 0 fully saturated rings.